The van der Waals surface area contributed by atoms with E-state index in [-0.39, 0.29) is 12.1 Å². The van der Waals surface area contributed by atoms with Crippen molar-refractivity contribution in [2.45, 2.75) is 31.8 Å². The van der Waals surface area contributed by atoms with Gasteiger partial charge < -0.3 is 16.4 Å². The molecule has 0 radical (unpaired) electrons. The van der Waals surface area contributed by atoms with Gasteiger partial charge in [-0.15, -0.1) is 0 Å². The average Bonchev–Trinajstić information content (AvgIpc) is 2.34. The van der Waals surface area contributed by atoms with E-state index in [1.54, 1.807) is 0 Å². The Morgan fingerprint density at radius 2 is 2.06 bits per heavy atom. The number of carbonyl (C=O) groups is 1. The standard InChI is InChI=1S/C14H21N3O/c1-10(12-5-3-2-4-6-12)16-14(18)17-13-7-11(8-13)9-15/h2-6,10-11,13H,7-9,15H2,1H3,(H2,16,17,18)/t10-,11?,13?/m0/s1. The number of urea groups is 1. The van der Waals surface area contributed by atoms with Crippen molar-refractivity contribution in [1.29, 1.82) is 0 Å². The molecule has 2 rings (SSSR count). The van der Waals surface area contributed by atoms with Gasteiger partial charge in [-0.05, 0) is 37.8 Å². The highest BCUT2D eigenvalue weighted by molar-refractivity contribution is 5.74. The van der Waals surface area contributed by atoms with Gasteiger partial charge in [0.15, 0.2) is 0 Å². The highest BCUT2D eigenvalue weighted by atomic mass is 16.2. The molecule has 1 atom stereocenters. The predicted octanol–water partition coefficient (Wildman–Crippen LogP) is 1.78. The molecule has 0 bridgehead atoms. The lowest BCUT2D eigenvalue weighted by molar-refractivity contribution is 0.203. The van der Waals surface area contributed by atoms with Crippen LogP contribution in [0.1, 0.15) is 31.4 Å². The smallest absolute Gasteiger partial charge is 0.315 e. The summed E-state index contributed by atoms with van der Waals surface area (Å²) in [7, 11) is 0. The number of carbonyl (C=O) groups excluding carboxylic acids is 1. The van der Waals surface area contributed by atoms with Crippen molar-refractivity contribution in [3.63, 3.8) is 0 Å². The summed E-state index contributed by atoms with van der Waals surface area (Å²) in [4.78, 5) is 11.8. The summed E-state index contributed by atoms with van der Waals surface area (Å²) >= 11 is 0. The Morgan fingerprint density at radius 1 is 1.39 bits per heavy atom. The first-order chi connectivity index (χ1) is 8.69. The molecule has 98 valence electrons. The fourth-order valence-corrected chi connectivity index (χ4v) is 2.29. The molecule has 1 aliphatic rings. The second-order valence-electron chi connectivity index (χ2n) is 5.02. The maximum Gasteiger partial charge on any atom is 0.315 e. The Kier molecular flexibility index (Phi) is 4.20. The molecule has 4 nitrogen and oxygen atoms in total. The van der Waals surface area contributed by atoms with Crippen LogP contribution >= 0.6 is 0 Å². The highest BCUT2D eigenvalue weighted by Gasteiger charge is 2.29. The fourth-order valence-electron chi connectivity index (χ4n) is 2.29. The molecule has 1 aliphatic carbocycles. The molecule has 1 aromatic rings. The van der Waals surface area contributed by atoms with Gasteiger partial charge in [0.25, 0.3) is 0 Å². The van der Waals surface area contributed by atoms with Crippen molar-refractivity contribution in [1.82, 2.24) is 10.6 Å². The molecule has 2 amide bonds. The fraction of sp³-hybridized carbons (Fsp3) is 0.500. The van der Waals surface area contributed by atoms with Crippen molar-refractivity contribution >= 4 is 6.03 Å². The lowest BCUT2D eigenvalue weighted by atomic mass is 9.80. The van der Waals surface area contributed by atoms with Crippen molar-refractivity contribution in [3.8, 4) is 0 Å². The largest absolute Gasteiger partial charge is 0.335 e. The van der Waals surface area contributed by atoms with Crippen LogP contribution in [0.25, 0.3) is 0 Å². The van der Waals surface area contributed by atoms with E-state index in [2.05, 4.69) is 10.6 Å². The van der Waals surface area contributed by atoms with E-state index in [9.17, 15) is 4.79 Å². The van der Waals surface area contributed by atoms with E-state index in [1.165, 1.54) is 0 Å². The minimum absolute atomic E-state index is 0.0246. The normalized spacial score (nSPS) is 23.9. The van der Waals surface area contributed by atoms with Gasteiger partial charge in [0.05, 0.1) is 6.04 Å². The van der Waals surface area contributed by atoms with Gasteiger partial charge >= 0.3 is 6.03 Å². The molecule has 0 aliphatic heterocycles. The first-order valence-electron chi connectivity index (χ1n) is 6.51. The Labute approximate surface area is 108 Å². The molecule has 0 saturated heterocycles. The molecular formula is C14H21N3O. The summed E-state index contributed by atoms with van der Waals surface area (Å²) in [6, 6.07) is 10.2. The molecule has 1 aromatic carbocycles. The van der Waals surface area contributed by atoms with Crippen molar-refractivity contribution in [2.75, 3.05) is 6.54 Å². The zero-order valence-corrected chi connectivity index (χ0v) is 10.7. The molecule has 0 unspecified atom stereocenters. The van der Waals surface area contributed by atoms with Gasteiger partial charge in [0.1, 0.15) is 0 Å². The summed E-state index contributed by atoms with van der Waals surface area (Å²) < 4.78 is 0. The van der Waals surface area contributed by atoms with Crippen LogP contribution in [0.2, 0.25) is 0 Å². The number of amides is 2. The monoisotopic (exact) mass is 247 g/mol. The van der Waals surface area contributed by atoms with E-state index >= 15 is 0 Å². The summed E-state index contributed by atoms with van der Waals surface area (Å²) in [5, 5.41) is 5.92. The lowest BCUT2D eigenvalue weighted by Gasteiger charge is -2.35. The Hall–Kier alpha value is -1.55. The average molecular weight is 247 g/mol. The number of hydrogen-bond donors (Lipinski definition) is 3. The van der Waals surface area contributed by atoms with Crippen LogP contribution in [0.4, 0.5) is 4.79 Å². The number of nitrogens with two attached hydrogens (primary N) is 1. The molecule has 4 N–H and O–H groups in total. The maximum absolute atomic E-state index is 11.8. The second-order valence-corrected chi connectivity index (χ2v) is 5.02. The summed E-state index contributed by atoms with van der Waals surface area (Å²) in [6.45, 7) is 2.71. The van der Waals surface area contributed by atoms with Crippen LogP contribution in [-0.2, 0) is 0 Å². The van der Waals surface area contributed by atoms with E-state index in [4.69, 9.17) is 5.73 Å². The van der Waals surface area contributed by atoms with Crippen LogP contribution in [0.3, 0.4) is 0 Å². The van der Waals surface area contributed by atoms with Gasteiger partial charge in [-0.25, -0.2) is 4.79 Å². The molecule has 4 heteroatoms. The highest BCUT2D eigenvalue weighted by Crippen LogP contribution is 2.25. The van der Waals surface area contributed by atoms with Gasteiger partial charge in [0, 0.05) is 6.04 Å². The maximum atomic E-state index is 11.8. The minimum atomic E-state index is -0.0909. The summed E-state index contributed by atoms with van der Waals surface area (Å²) in [6.07, 6.45) is 2.01. The molecule has 0 aromatic heterocycles. The van der Waals surface area contributed by atoms with Gasteiger partial charge in [-0.3, -0.25) is 0 Å². The molecule has 18 heavy (non-hydrogen) atoms. The lowest BCUT2D eigenvalue weighted by Crippen LogP contribution is -2.50. The van der Waals surface area contributed by atoms with Crippen LogP contribution in [-0.4, -0.2) is 18.6 Å². The number of benzene rings is 1. The molecular weight excluding hydrogens is 226 g/mol. The van der Waals surface area contributed by atoms with Crippen molar-refractivity contribution < 1.29 is 4.79 Å². The third-order valence-electron chi connectivity index (χ3n) is 3.55. The van der Waals surface area contributed by atoms with Gasteiger partial charge in [-0.1, -0.05) is 30.3 Å². The van der Waals surface area contributed by atoms with Gasteiger partial charge in [0.2, 0.25) is 0 Å². The second kappa shape index (κ2) is 5.87. The quantitative estimate of drug-likeness (QED) is 0.759. The third-order valence-corrected chi connectivity index (χ3v) is 3.55. The Morgan fingerprint density at radius 3 is 2.67 bits per heavy atom. The van der Waals surface area contributed by atoms with Crippen LogP contribution in [0.15, 0.2) is 30.3 Å². The number of hydrogen-bond acceptors (Lipinski definition) is 2. The predicted molar refractivity (Wildman–Crippen MR) is 72.1 cm³/mol. The molecule has 1 saturated carbocycles. The van der Waals surface area contributed by atoms with E-state index in [0.717, 1.165) is 24.9 Å². The third kappa shape index (κ3) is 3.23. The number of nitrogens with one attached hydrogen (secondary N) is 2. The van der Waals surface area contributed by atoms with Crippen molar-refractivity contribution in [2.24, 2.45) is 11.7 Å². The first kappa shape index (κ1) is 12.9. The van der Waals surface area contributed by atoms with E-state index < -0.39 is 0 Å². The van der Waals surface area contributed by atoms with E-state index in [1.807, 2.05) is 37.3 Å². The summed E-state index contributed by atoms with van der Waals surface area (Å²) in [5.41, 5.74) is 6.67. The minimum Gasteiger partial charge on any atom is -0.335 e. The Bertz CT molecular complexity index is 387. The first-order valence-corrected chi connectivity index (χ1v) is 6.51. The van der Waals surface area contributed by atoms with Crippen molar-refractivity contribution in [3.05, 3.63) is 35.9 Å². The molecule has 0 spiro atoms. The molecule has 0 heterocycles. The van der Waals surface area contributed by atoms with E-state index in [0.29, 0.717) is 12.0 Å². The van der Waals surface area contributed by atoms with Crippen LogP contribution < -0.4 is 16.4 Å². The zero-order valence-electron chi connectivity index (χ0n) is 10.7. The Balaban J connectivity index is 1.75. The topological polar surface area (TPSA) is 67.2 Å². The molecule has 1 fully saturated rings. The van der Waals surface area contributed by atoms with Gasteiger partial charge in [-0.2, -0.15) is 0 Å². The number of rotatable bonds is 4. The zero-order chi connectivity index (χ0) is 13.0. The van der Waals surface area contributed by atoms with Crippen LogP contribution in [0, 0.1) is 5.92 Å². The summed E-state index contributed by atoms with van der Waals surface area (Å²) in [5.74, 6) is 0.585. The van der Waals surface area contributed by atoms with Crippen LogP contribution in [0.5, 0.6) is 0 Å². The SMILES string of the molecule is C[C@H](NC(=O)NC1CC(CN)C1)c1ccccc1.